The van der Waals surface area contributed by atoms with Crippen LogP contribution < -0.4 is 10.5 Å². The molecule has 1 aromatic rings. The Morgan fingerprint density at radius 2 is 2.04 bits per heavy atom. The number of halogens is 2. The minimum atomic E-state index is -3.18. The lowest BCUT2D eigenvalue weighted by atomic mass is 9.75. The maximum atomic E-state index is 13.8. The second-order valence-corrected chi connectivity index (χ2v) is 8.10. The van der Waals surface area contributed by atoms with Gasteiger partial charge in [0.15, 0.2) is 0 Å². The summed E-state index contributed by atoms with van der Waals surface area (Å²) in [5.41, 5.74) is 4.57. The molecule has 28 heavy (non-hydrogen) atoms. The maximum Gasteiger partial charge on any atom is 0.273 e. The fourth-order valence-electron chi connectivity index (χ4n) is 3.72. The summed E-state index contributed by atoms with van der Waals surface area (Å²) in [4.78, 5) is 29.3. The van der Waals surface area contributed by atoms with Crippen LogP contribution in [0.3, 0.4) is 0 Å². The molecule has 4 rings (SSSR count). The number of rotatable bonds is 6. The van der Waals surface area contributed by atoms with E-state index in [1.165, 1.54) is 6.07 Å². The standard InChI is InChI=1S/C19H23F2N3O4/c20-19(21)8-14(15(22)25)24(10-19)17(26)13-5-4-12(18(27)6-1-7-18)16(23-13)28-9-11-2-3-11/h4-5,11,14,27H,1-3,6-10H2,(H2,22,25). The van der Waals surface area contributed by atoms with Gasteiger partial charge in [0, 0.05) is 12.0 Å². The SMILES string of the molecule is NC(=O)C1CC(F)(F)CN1C(=O)c1ccc(C2(O)CCC2)c(OCC2CC2)n1. The van der Waals surface area contributed by atoms with Crippen LogP contribution in [-0.2, 0) is 10.4 Å². The quantitative estimate of drug-likeness (QED) is 0.761. The van der Waals surface area contributed by atoms with Crippen molar-refractivity contribution in [3.63, 3.8) is 0 Å². The maximum absolute atomic E-state index is 13.8. The van der Waals surface area contributed by atoms with Crippen molar-refractivity contribution in [2.75, 3.05) is 13.2 Å². The summed E-state index contributed by atoms with van der Waals surface area (Å²) >= 11 is 0. The summed E-state index contributed by atoms with van der Waals surface area (Å²) in [7, 11) is 0. The molecule has 3 fully saturated rings. The number of pyridine rings is 1. The normalized spacial score (nSPS) is 25.2. The molecular weight excluding hydrogens is 372 g/mol. The van der Waals surface area contributed by atoms with E-state index in [2.05, 4.69) is 4.98 Å². The van der Waals surface area contributed by atoms with Crippen molar-refractivity contribution < 1.29 is 28.2 Å². The smallest absolute Gasteiger partial charge is 0.273 e. The first-order valence-corrected chi connectivity index (χ1v) is 9.53. The monoisotopic (exact) mass is 395 g/mol. The van der Waals surface area contributed by atoms with Crippen LogP contribution in [0.2, 0.25) is 0 Å². The number of ether oxygens (including phenoxy) is 1. The van der Waals surface area contributed by atoms with Gasteiger partial charge in [0.25, 0.3) is 11.8 Å². The highest BCUT2D eigenvalue weighted by molar-refractivity contribution is 5.96. The highest BCUT2D eigenvalue weighted by Gasteiger charge is 2.50. The van der Waals surface area contributed by atoms with E-state index in [0.717, 1.165) is 24.2 Å². The largest absolute Gasteiger partial charge is 0.477 e. The molecule has 1 unspecified atom stereocenters. The number of primary amides is 1. The molecule has 0 spiro atoms. The van der Waals surface area contributed by atoms with Crippen molar-refractivity contribution in [2.24, 2.45) is 11.7 Å². The fourth-order valence-corrected chi connectivity index (χ4v) is 3.72. The van der Waals surface area contributed by atoms with E-state index in [0.29, 0.717) is 30.9 Å². The van der Waals surface area contributed by atoms with Crippen LogP contribution >= 0.6 is 0 Å². The Balaban J connectivity index is 1.62. The van der Waals surface area contributed by atoms with Crippen LogP contribution in [0.15, 0.2) is 12.1 Å². The molecule has 2 saturated carbocycles. The molecule has 0 aromatic carbocycles. The molecule has 0 radical (unpaired) electrons. The predicted octanol–water partition coefficient (Wildman–Crippen LogP) is 1.58. The van der Waals surface area contributed by atoms with Crippen LogP contribution in [0.4, 0.5) is 8.78 Å². The molecule has 9 heteroatoms. The van der Waals surface area contributed by atoms with Gasteiger partial charge in [0.1, 0.15) is 11.7 Å². The molecule has 3 N–H and O–H groups in total. The topological polar surface area (TPSA) is 106 Å². The van der Waals surface area contributed by atoms with Crippen LogP contribution in [-0.4, -0.2) is 51.9 Å². The summed E-state index contributed by atoms with van der Waals surface area (Å²) in [5.74, 6) is -4.37. The first kappa shape index (κ1) is 19.0. The van der Waals surface area contributed by atoms with Gasteiger partial charge in [-0.15, -0.1) is 0 Å². The molecule has 1 atom stereocenters. The van der Waals surface area contributed by atoms with E-state index in [9.17, 15) is 23.5 Å². The summed E-state index contributed by atoms with van der Waals surface area (Å²) < 4.78 is 33.3. The average molecular weight is 395 g/mol. The number of aliphatic hydroxyl groups is 1. The van der Waals surface area contributed by atoms with E-state index >= 15 is 0 Å². The number of likely N-dealkylation sites (tertiary alicyclic amines) is 1. The first-order valence-electron chi connectivity index (χ1n) is 9.53. The molecule has 3 aliphatic rings. The molecule has 152 valence electrons. The summed E-state index contributed by atoms with van der Waals surface area (Å²) in [6, 6.07) is 1.57. The molecule has 0 bridgehead atoms. The molecule has 2 aliphatic carbocycles. The van der Waals surface area contributed by atoms with E-state index in [-0.39, 0.29) is 11.6 Å². The minimum absolute atomic E-state index is 0.110. The minimum Gasteiger partial charge on any atom is -0.477 e. The van der Waals surface area contributed by atoms with Crippen LogP contribution in [0.1, 0.15) is 54.6 Å². The van der Waals surface area contributed by atoms with Gasteiger partial charge in [-0.2, -0.15) is 0 Å². The molecule has 1 saturated heterocycles. The zero-order chi connectivity index (χ0) is 20.1. The summed E-state index contributed by atoms with van der Waals surface area (Å²) in [5, 5.41) is 10.7. The van der Waals surface area contributed by atoms with Crippen molar-refractivity contribution in [1.29, 1.82) is 0 Å². The highest BCUT2D eigenvalue weighted by Crippen LogP contribution is 2.45. The van der Waals surface area contributed by atoms with Gasteiger partial charge < -0.3 is 20.5 Å². The van der Waals surface area contributed by atoms with E-state index in [1.807, 2.05) is 0 Å². The predicted molar refractivity (Wildman–Crippen MR) is 93.8 cm³/mol. The number of hydrogen-bond donors (Lipinski definition) is 2. The van der Waals surface area contributed by atoms with Crippen LogP contribution in [0.25, 0.3) is 0 Å². The van der Waals surface area contributed by atoms with Crippen molar-refractivity contribution in [1.82, 2.24) is 9.88 Å². The lowest BCUT2D eigenvalue weighted by Gasteiger charge is -2.37. The summed E-state index contributed by atoms with van der Waals surface area (Å²) in [6.45, 7) is -0.454. The average Bonchev–Trinajstić information content (AvgIpc) is 3.38. The zero-order valence-electron chi connectivity index (χ0n) is 15.4. The third-order valence-electron chi connectivity index (χ3n) is 5.77. The summed E-state index contributed by atoms with van der Waals surface area (Å²) in [6.07, 6.45) is 3.34. The van der Waals surface area contributed by atoms with Gasteiger partial charge in [-0.25, -0.2) is 13.8 Å². The van der Waals surface area contributed by atoms with E-state index in [1.54, 1.807) is 6.07 Å². The van der Waals surface area contributed by atoms with Gasteiger partial charge in [0.05, 0.1) is 18.8 Å². The molecular formula is C19H23F2N3O4. The molecule has 1 aliphatic heterocycles. The number of aromatic nitrogens is 1. The third-order valence-corrected chi connectivity index (χ3v) is 5.77. The van der Waals surface area contributed by atoms with Crippen LogP contribution in [0.5, 0.6) is 5.88 Å². The van der Waals surface area contributed by atoms with Gasteiger partial charge >= 0.3 is 0 Å². The van der Waals surface area contributed by atoms with Crippen molar-refractivity contribution in [3.8, 4) is 5.88 Å². The van der Waals surface area contributed by atoms with Gasteiger partial charge in [-0.1, -0.05) is 0 Å². The Morgan fingerprint density at radius 1 is 1.32 bits per heavy atom. The Kier molecular flexibility index (Phi) is 4.52. The van der Waals surface area contributed by atoms with Crippen molar-refractivity contribution in [2.45, 2.75) is 56.1 Å². The molecule has 1 aromatic heterocycles. The van der Waals surface area contributed by atoms with E-state index < -0.39 is 42.3 Å². The van der Waals surface area contributed by atoms with E-state index in [4.69, 9.17) is 10.5 Å². The fraction of sp³-hybridized carbons (Fsp3) is 0.632. The van der Waals surface area contributed by atoms with Gasteiger partial charge in [-0.05, 0) is 50.2 Å². The lowest BCUT2D eigenvalue weighted by molar-refractivity contribution is -0.121. The first-order chi connectivity index (χ1) is 13.2. The Morgan fingerprint density at radius 3 is 2.61 bits per heavy atom. The molecule has 2 amide bonds. The number of amides is 2. The number of carbonyl (C=O) groups is 2. The highest BCUT2D eigenvalue weighted by atomic mass is 19.3. The number of alkyl halides is 2. The Hall–Kier alpha value is -2.29. The van der Waals surface area contributed by atoms with Gasteiger partial charge in [0.2, 0.25) is 11.8 Å². The number of nitrogens with two attached hydrogens (primary N) is 1. The second kappa shape index (κ2) is 6.65. The molecule has 2 heterocycles. The Bertz CT molecular complexity index is 808. The second-order valence-electron chi connectivity index (χ2n) is 8.10. The molecule has 7 nitrogen and oxygen atoms in total. The van der Waals surface area contributed by atoms with Crippen LogP contribution in [0, 0.1) is 5.92 Å². The number of hydrogen-bond acceptors (Lipinski definition) is 5. The Labute approximate surface area is 160 Å². The number of nitrogens with zero attached hydrogens (tertiary/aromatic N) is 2. The van der Waals surface area contributed by atoms with Crippen molar-refractivity contribution >= 4 is 11.8 Å². The van der Waals surface area contributed by atoms with Gasteiger partial charge in [-0.3, -0.25) is 9.59 Å². The third kappa shape index (κ3) is 3.55. The lowest BCUT2D eigenvalue weighted by Crippen LogP contribution is -2.44. The zero-order valence-corrected chi connectivity index (χ0v) is 15.4. The van der Waals surface area contributed by atoms with Crippen molar-refractivity contribution in [3.05, 3.63) is 23.4 Å². The number of carbonyl (C=O) groups excluding carboxylic acids is 2.